The number of rotatable bonds is 9. The molecule has 0 aliphatic heterocycles. The van der Waals surface area contributed by atoms with Crippen molar-refractivity contribution >= 4 is 17.5 Å². The van der Waals surface area contributed by atoms with E-state index in [0.29, 0.717) is 25.0 Å². The average molecular weight is 273 g/mol. The van der Waals surface area contributed by atoms with Gasteiger partial charge in [-0.25, -0.2) is 4.98 Å². The van der Waals surface area contributed by atoms with Gasteiger partial charge in [0, 0.05) is 19.0 Å². The molecule has 18 heavy (non-hydrogen) atoms. The van der Waals surface area contributed by atoms with Crippen LogP contribution in [0.2, 0.25) is 0 Å². The molecule has 5 nitrogen and oxygen atoms in total. The van der Waals surface area contributed by atoms with E-state index in [1.807, 2.05) is 0 Å². The van der Waals surface area contributed by atoms with Crippen LogP contribution in [0.4, 0.5) is 5.95 Å². The first-order valence-corrected chi connectivity index (χ1v) is 6.95. The zero-order valence-electron chi connectivity index (χ0n) is 11.1. The predicted octanol–water partition coefficient (Wildman–Crippen LogP) is 2.05. The molecule has 0 radical (unpaired) electrons. The summed E-state index contributed by atoms with van der Waals surface area (Å²) in [6, 6.07) is 0. The van der Waals surface area contributed by atoms with Gasteiger partial charge in [-0.05, 0) is 19.3 Å². The molecule has 0 saturated carbocycles. The Morgan fingerprint density at radius 2 is 1.89 bits per heavy atom. The first-order chi connectivity index (χ1) is 8.81. The van der Waals surface area contributed by atoms with Crippen LogP contribution in [-0.2, 0) is 17.6 Å². The molecule has 1 heterocycles. The Morgan fingerprint density at radius 1 is 1.11 bits per heavy atom. The van der Waals surface area contributed by atoms with Crippen LogP contribution in [0.1, 0.15) is 31.7 Å². The fourth-order valence-electron chi connectivity index (χ4n) is 1.54. The lowest BCUT2D eigenvalue weighted by atomic mass is 10.2. The van der Waals surface area contributed by atoms with Gasteiger partial charge in [0.15, 0.2) is 0 Å². The van der Waals surface area contributed by atoms with E-state index in [1.165, 1.54) is 0 Å². The summed E-state index contributed by atoms with van der Waals surface area (Å²) in [4.78, 5) is 4.45. The van der Waals surface area contributed by atoms with Gasteiger partial charge in [-0.2, -0.15) is 5.10 Å². The summed E-state index contributed by atoms with van der Waals surface area (Å²) in [5.41, 5.74) is 2.00. The molecule has 0 amide bonds. The summed E-state index contributed by atoms with van der Waals surface area (Å²) in [6.07, 6.45) is 2.65. The lowest BCUT2D eigenvalue weighted by Crippen LogP contribution is -2.12. The third kappa shape index (κ3) is 5.14. The molecule has 0 atom stereocenters. The molecule has 0 unspecified atom stereocenters. The molecule has 0 bridgehead atoms. The quantitative estimate of drug-likeness (QED) is 0.551. The third-order valence-corrected chi connectivity index (χ3v) is 2.63. The summed E-state index contributed by atoms with van der Waals surface area (Å²) in [7, 11) is 0. The molecule has 0 aliphatic carbocycles. The Morgan fingerprint density at radius 3 is 2.56 bits per heavy atom. The minimum Gasteiger partial charge on any atom is -0.380 e. The van der Waals surface area contributed by atoms with Crippen LogP contribution >= 0.6 is 11.6 Å². The number of aromatic nitrogens is 3. The molecular formula is C12H21ClN4O. The molecule has 0 aromatic carbocycles. The Kier molecular flexibility index (Phi) is 7.60. The first-order valence-electron chi connectivity index (χ1n) is 6.41. The van der Waals surface area contributed by atoms with Crippen LogP contribution in [0, 0.1) is 0 Å². The van der Waals surface area contributed by atoms with Crippen LogP contribution in [-0.4, -0.2) is 40.8 Å². The van der Waals surface area contributed by atoms with Gasteiger partial charge < -0.3 is 10.1 Å². The van der Waals surface area contributed by atoms with Crippen molar-refractivity contribution in [1.82, 2.24) is 15.2 Å². The number of alkyl halides is 1. The Labute approximate surface area is 113 Å². The molecule has 0 spiro atoms. The van der Waals surface area contributed by atoms with Gasteiger partial charge in [0.2, 0.25) is 5.95 Å². The van der Waals surface area contributed by atoms with Crippen LogP contribution in [0.25, 0.3) is 0 Å². The van der Waals surface area contributed by atoms with Gasteiger partial charge in [-0.3, -0.25) is 0 Å². The maximum Gasteiger partial charge on any atom is 0.242 e. The van der Waals surface area contributed by atoms with E-state index in [1.54, 1.807) is 0 Å². The first kappa shape index (κ1) is 15.1. The average Bonchev–Trinajstić information content (AvgIpc) is 2.42. The van der Waals surface area contributed by atoms with E-state index < -0.39 is 0 Å². The van der Waals surface area contributed by atoms with E-state index in [4.69, 9.17) is 16.3 Å². The Hall–Kier alpha value is -0.940. The fourth-order valence-corrected chi connectivity index (χ4v) is 1.65. The van der Waals surface area contributed by atoms with Crippen molar-refractivity contribution in [2.24, 2.45) is 0 Å². The Bertz CT molecular complexity index is 349. The SMILES string of the molecule is CCc1nnc(NCCCOCCCl)nc1CC. The van der Waals surface area contributed by atoms with Crippen molar-refractivity contribution in [3.63, 3.8) is 0 Å². The maximum atomic E-state index is 5.50. The minimum absolute atomic E-state index is 0.540. The summed E-state index contributed by atoms with van der Waals surface area (Å²) >= 11 is 5.50. The number of nitrogens with zero attached hydrogens (tertiary/aromatic N) is 3. The highest BCUT2D eigenvalue weighted by molar-refractivity contribution is 6.17. The highest BCUT2D eigenvalue weighted by atomic mass is 35.5. The van der Waals surface area contributed by atoms with Crippen LogP contribution in [0.3, 0.4) is 0 Å². The number of hydrogen-bond acceptors (Lipinski definition) is 5. The number of ether oxygens (including phenoxy) is 1. The monoisotopic (exact) mass is 272 g/mol. The summed E-state index contributed by atoms with van der Waals surface area (Å²) in [5.74, 6) is 1.14. The normalized spacial score (nSPS) is 10.6. The smallest absolute Gasteiger partial charge is 0.242 e. The highest BCUT2D eigenvalue weighted by Gasteiger charge is 2.05. The second kappa shape index (κ2) is 9.05. The van der Waals surface area contributed by atoms with E-state index in [-0.39, 0.29) is 0 Å². The topological polar surface area (TPSA) is 59.9 Å². The second-order valence-electron chi connectivity index (χ2n) is 3.82. The van der Waals surface area contributed by atoms with Crippen molar-refractivity contribution in [2.45, 2.75) is 33.1 Å². The summed E-state index contributed by atoms with van der Waals surface area (Å²) in [5, 5.41) is 11.4. The Balaban J connectivity index is 2.34. The van der Waals surface area contributed by atoms with Gasteiger partial charge in [0.25, 0.3) is 0 Å². The standard InChI is InChI=1S/C12H21ClN4O/c1-3-10-11(4-2)16-17-12(15-10)14-7-5-8-18-9-6-13/h3-9H2,1-2H3,(H,14,15,17). The molecule has 6 heteroatoms. The van der Waals surface area contributed by atoms with Gasteiger partial charge in [0.1, 0.15) is 0 Å². The number of hydrogen-bond donors (Lipinski definition) is 1. The van der Waals surface area contributed by atoms with Crippen molar-refractivity contribution < 1.29 is 4.74 Å². The largest absolute Gasteiger partial charge is 0.380 e. The van der Waals surface area contributed by atoms with Crippen molar-refractivity contribution in [3.05, 3.63) is 11.4 Å². The zero-order chi connectivity index (χ0) is 13.2. The van der Waals surface area contributed by atoms with Crippen molar-refractivity contribution in [1.29, 1.82) is 0 Å². The van der Waals surface area contributed by atoms with E-state index in [9.17, 15) is 0 Å². The molecule has 0 saturated heterocycles. The number of aryl methyl sites for hydroxylation is 2. The molecule has 0 fully saturated rings. The summed E-state index contributed by atoms with van der Waals surface area (Å²) < 4.78 is 5.27. The molecule has 1 aromatic heterocycles. The molecule has 102 valence electrons. The molecule has 0 aliphatic rings. The fraction of sp³-hybridized carbons (Fsp3) is 0.750. The van der Waals surface area contributed by atoms with Gasteiger partial charge >= 0.3 is 0 Å². The van der Waals surface area contributed by atoms with Crippen molar-refractivity contribution in [3.8, 4) is 0 Å². The molecular weight excluding hydrogens is 252 g/mol. The van der Waals surface area contributed by atoms with Crippen LogP contribution in [0.5, 0.6) is 0 Å². The molecule has 1 rings (SSSR count). The lowest BCUT2D eigenvalue weighted by Gasteiger charge is -2.07. The van der Waals surface area contributed by atoms with Gasteiger partial charge in [0.05, 0.1) is 18.0 Å². The molecule has 1 N–H and O–H groups in total. The van der Waals surface area contributed by atoms with Gasteiger partial charge in [-0.1, -0.05) is 13.8 Å². The minimum atomic E-state index is 0.540. The van der Waals surface area contributed by atoms with E-state index >= 15 is 0 Å². The highest BCUT2D eigenvalue weighted by Crippen LogP contribution is 2.06. The van der Waals surface area contributed by atoms with Crippen LogP contribution in [0.15, 0.2) is 0 Å². The lowest BCUT2D eigenvalue weighted by molar-refractivity contribution is 0.149. The molecule has 1 aromatic rings. The van der Waals surface area contributed by atoms with E-state index in [2.05, 4.69) is 34.3 Å². The summed E-state index contributed by atoms with van der Waals surface area (Å²) in [6.45, 7) is 6.21. The van der Waals surface area contributed by atoms with Crippen LogP contribution < -0.4 is 5.32 Å². The zero-order valence-corrected chi connectivity index (χ0v) is 11.8. The van der Waals surface area contributed by atoms with E-state index in [0.717, 1.165) is 37.2 Å². The van der Waals surface area contributed by atoms with Gasteiger partial charge in [-0.15, -0.1) is 16.7 Å². The van der Waals surface area contributed by atoms with Crippen molar-refractivity contribution in [2.75, 3.05) is 31.0 Å². The third-order valence-electron chi connectivity index (χ3n) is 2.48. The predicted molar refractivity (Wildman–Crippen MR) is 73.2 cm³/mol. The maximum absolute atomic E-state index is 5.50. The number of anilines is 1. The second-order valence-corrected chi connectivity index (χ2v) is 4.20. The number of nitrogens with one attached hydrogen (secondary N) is 1. The number of halogens is 1.